The first-order chi connectivity index (χ1) is 19.0. The molecule has 4 N–H and O–H groups in total. The third kappa shape index (κ3) is 11.9. The van der Waals surface area contributed by atoms with Crippen LogP contribution in [0.4, 0.5) is 0 Å². The van der Waals surface area contributed by atoms with E-state index in [0.29, 0.717) is 5.57 Å². The van der Waals surface area contributed by atoms with Crippen LogP contribution in [0, 0.1) is 17.8 Å². The molecule has 9 nitrogen and oxygen atoms in total. The lowest BCUT2D eigenvalue weighted by Gasteiger charge is -2.32. The van der Waals surface area contributed by atoms with Crippen molar-refractivity contribution in [3.63, 3.8) is 0 Å². The molecule has 0 radical (unpaired) electrons. The highest BCUT2D eigenvalue weighted by atomic mass is 79.9. The summed E-state index contributed by atoms with van der Waals surface area (Å²) < 4.78 is 16.6. The van der Waals surface area contributed by atoms with Gasteiger partial charge < -0.3 is 34.6 Å². The van der Waals surface area contributed by atoms with E-state index < -0.39 is 52.9 Å². The normalized spacial score (nSPS) is 32.0. The zero-order chi connectivity index (χ0) is 31.5. The van der Waals surface area contributed by atoms with E-state index in [-0.39, 0.29) is 43.1 Å². The minimum absolute atomic E-state index is 0.117. The van der Waals surface area contributed by atoms with Crippen LogP contribution < -0.4 is 0 Å². The first-order valence-corrected chi connectivity index (χ1v) is 15.3. The van der Waals surface area contributed by atoms with Gasteiger partial charge in [0.25, 0.3) is 0 Å². The van der Waals surface area contributed by atoms with Gasteiger partial charge in [0.15, 0.2) is 0 Å². The Morgan fingerprint density at radius 3 is 2.44 bits per heavy atom. The van der Waals surface area contributed by atoms with Crippen LogP contribution in [0.5, 0.6) is 0 Å². The van der Waals surface area contributed by atoms with Gasteiger partial charge in [-0.2, -0.15) is 0 Å². The largest absolute Gasteiger partial charge is 0.457 e. The van der Waals surface area contributed by atoms with Crippen LogP contribution >= 0.6 is 15.9 Å². The van der Waals surface area contributed by atoms with E-state index in [4.69, 9.17) is 14.2 Å². The fraction of sp³-hybridized carbons (Fsp3) is 0.742. The fourth-order valence-corrected chi connectivity index (χ4v) is 5.94. The molecule has 10 heteroatoms. The topological polar surface area (TPSA) is 143 Å². The molecule has 1 aliphatic heterocycles. The number of allylic oxidation sites excluding steroid dienone is 2. The third-order valence-corrected chi connectivity index (χ3v) is 8.94. The van der Waals surface area contributed by atoms with Crippen LogP contribution in [0.25, 0.3) is 0 Å². The number of hydrogen-bond donors (Lipinski definition) is 4. The van der Waals surface area contributed by atoms with Gasteiger partial charge in [0.05, 0.1) is 35.7 Å². The molecule has 11 atom stereocenters. The predicted molar refractivity (Wildman–Crippen MR) is 161 cm³/mol. The van der Waals surface area contributed by atoms with Crippen LogP contribution in [0.15, 0.2) is 36.0 Å². The Morgan fingerprint density at radius 1 is 1.24 bits per heavy atom. The average molecular weight is 648 g/mol. The number of hydrogen-bond acceptors (Lipinski definition) is 9. The number of aliphatic hydroxyl groups is 4. The summed E-state index contributed by atoms with van der Waals surface area (Å²) in [4.78, 5) is 23.8. The van der Waals surface area contributed by atoms with Crippen LogP contribution in [0.1, 0.15) is 74.1 Å². The molecule has 0 aromatic rings. The molecule has 0 bridgehead atoms. The Kier molecular flexibility index (Phi) is 16.0. The third-order valence-electron chi connectivity index (χ3n) is 7.86. The molecule has 0 aromatic carbocycles. The monoisotopic (exact) mass is 646 g/mol. The van der Waals surface area contributed by atoms with Gasteiger partial charge in [-0.25, -0.2) is 0 Å². The maximum Gasteiger partial charge on any atom is 0.309 e. The lowest BCUT2D eigenvalue weighted by molar-refractivity contribution is -0.157. The standard InChI is InChI=1S/C31H51BrO9/c1-9-24(39-8)21(5)29(37)27(32)28(36)18(2)11-10-12-19(3)30-20(4)13-14-25(40-22(6)33)31(7,38)16-15-23(34)17-26(35)41-30/h10-14,18,20-21,23-25,27-30,34,36-38H,9,15-17H2,1-8H3/b11-10+,14-13+,19-12+. The Morgan fingerprint density at radius 2 is 1.88 bits per heavy atom. The van der Waals surface area contributed by atoms with Crippen molar-refractivity contribution in [1.29, 1.82) is 0 Å². The number of halogens is 1. The number of ether oxygens (including phenoxy) is 3. The fourth-order valence-electron chi connectivity index (χ4n) is 4.98. The van der Waals surface area contributed by atoms with Crippen molar-refractivity contribution < 1.29 is 44.2 Å². The van der Waals surface area contributed by atoms with E-state index in [0.717, 1.165) is 6.42 Å². The zero-order valence-corrected chi connectivity index (χ0v) is 27.3. The number of alkyl halides is 1. The molecule has 1 aliphatic rings. The molecule has 11 unspecified atom stereocenters. The highest BCUT2D eigenvalue weighted by molar-refractivity contribution is 9.09. The summed E-state index contributed by atoms with van der Waals surface area (Å²) in [6, 6.07) is 0. The summed E-state index contributed by atoms with van der Waals surface area (Å²) in [6.45, 7) is 12.2. The van der Waals surface area contributed by atoms with Crippen molar-refractivity contribution in [2.75, 3.05) is 7.11 Å². The Hall–Kier alpha value is -1.56. The molecule has 0 aromatic heterocycles. The number of esters is 2. The lowest BCUT2D eigenvalue weighted by Crippen LogP contribution is -2.43. The zero-order valence-electron chi connectivity index (χ0n) is 25.7. The van der Waals surface area contributed by atoms with Crippen molar-refractivity contribution in [3.8, 4) is 0 Å². The van der Waals surface area contributed by atoms with E-state index in [9.17, 15) is 30.0 Å². The van der Waals surface area contributed by atoms with Gasteiger partial charge in [-0.15, -0.1) is 0 Å². The molecule has 0 saturated heterocycles. The minimum Gasteiger partial charge on any atom is -0.457 e. The van der Waals surface area contributed by atoms with Crippen molar-refractivity contribution in [2.24, 2.45) is 17.8 Å². The molecular weight excluding hydrogens is 596 g/mol. The second-order valence-corrected chi connectivity index (χ2v) is 12.6. The quantitative estimate of drug-likeness (QED) is 0.113. The second kappa shape index (κ2) is 17.5. The average Bonchev–Trinajstić information content (AvgIpc) is 2.91. The van der Waals surface area contributed by atoms with E-state index in [2.05, 4.69) is 15.9 Å². The first kappa shape index (κ1) is 37.5. The van der Waals surface area contributed by atoms with Crippen LogP contribution in [0.3, 0.4) is 0 Å². The molecule has 0 amide bonds. The van der Waals surface area contributed by atoms with Crippen LogP contribution in [0.2, 0.25) is 0 Å². The van der Waals surface area contributed by atoms with E-state index in [1.807, 2.05) is 40.7 Å². The maximum absolute atomic E-state index is 12.6. The lowest BCUT2D eigenvalue weighted by atomic mass is 9.88. The van der Waals surface area contributed by atoms with Crippen LogP contribution in [-0.4, -0.2) is 86.5 Å². The molecule has 41 heavy (non-hydrogen) atoms. The Labute approximate surface area is 253 Å². The van der Waals surface area contributed by atoms with E-state index in [1.54, 1.807) is 31.4 Å². The number of carbonyl (C=O) groups excluding carboxylic acids is 2. The van der Waals surface area contributed by atoms with Gasteiger partial charge in [0.2, 0.25) is 0 Å². The summed E-state index contributed by atoms with van der Waals surface area (Å²) in [5, 5.41) is 43.0. The highest BCUT2D eigenvalue weighted by Crippen LogP contribution is 2.28. The molecule has 0 saturated carbocycles. The van der Waals surface area contributed by atoms with Gasteiger partial charge in [-0.05, 0) is 44.8 Å². The predicted octanol–water partition coefficient (Wildman–Crippen LogP) is 4.00. The van der Waals surface area contributed by atoms with E-state index >= 15 is 0 Å². The summed E-state index contributed by atoms with van der Waals surface area (Å²) >= 11 is 3.47. The van der Waals surface area contributed by atoms with Crippen molar-refractivity contribution >= 4 is 27.9 Å². The minimum atomic E-state index is -1.44. The van der Waals surface area contributed by atoms with Crippen molar-refractivity contribution in [2.45, 2.75) is 121 Å². The molecule has 1 rings (SSSR count). The van der Waals surface area contributed by atoms with Gasteiger partial charge in [0.1, 0.15) is 17.8 Å². The summed E-state index contributed by atoms with van der Waals surface area (Å²) in [5.41, 5.74) is -0.725. The molecule has 0 aliphatic carbocycles. The van der Waals surface area contributed by atoms with Crippen molar-refractivity contribution in [3.05, 3.63) is 36.0 Å². The summed E-state index contributed by atoms with van der Waals surface area (Å²) in [5.74, 6) is -1.96. The Bertz CT molecular complexity index is 911. The SMILES string of the molecule is CCC(OC)C(C)C(O)C(Br)C(O)C(C)/C=C/C=C(\C)C1OC(=O)CC(O)CCC(C)(O)C(OC(C)=O)/C=C/C1C. The molecule has 1 heterocycles. The van der Waals surface area contributed by atoms with Gasteiger partial charge in [-0.1, -0.05) is 67.9 Å². The Balaban J connectivity index is 3.14. The number of cyclic esters (lactones) is 1. The summed E-state index contributed by atoms with van der Waals surface area (Å²) in [7, 11) is 1.61. The van der Waals surface area contributed by atoms with Crippen molar-refractivity contribution in [1.82, 2.24) is 0 Å². The number of carbonyl (C=O) groups is 2. The van der Waals surface area contributed by atoms with Gasteiger partial charge in [-0.3, -0.25) is 9.59 Å². The highest BCUT2D eigenvalue weighted by Gasteiger charge is 2.36. The molecule has 0 fully saturated rings. The molecule has 0 spiro atoms. The summed E-state index contributed by atoms with van der Waals surface area (Å²) in [6.07, 6.45) is 4.97. The molecule has 236 valence electrons. The van der Waals surface area contributed by atoms with Gasteiger partial charge >= 0.3 is 11.9 Å². The maximum atomic E-state index is 12.6. The number of aliphatic hydroxyl groups excluding tert-OH is 3. The van der Waals surface area contributed by atoms with Crippen LogP contribution in [-0.2, 0) is 23.8 Å². The number of methoxy groups -OCH3 is 1. The first-order valence-electron chi connectivity index (χ1n) is 14.4. The molecular formula is C31H51BrO9. The smallest absolute Gasteiger partial charge is 0.309 e. The van der Waals surface area contributed by atoms with Gasteiger partial charge in [0, 0.05) is 31.8 Å². The second-order valence-electron chi connectivity index (χ2n) is 11.6. The van der Waals surface area contributed by atoms with E-state index in [1.165, 1.54) is 13.8 Å². The number of rotatable bonds is 11.